The van der Waals surface area contributed by atoms with Crippen LogP contribution in [0.2, 0.25) is 0 Å². The minimum absolute atomic E-state index is 0.162. The Morgan fingerprint density at radius 1 is 1.21 bits per heavy atom. The predicted molar refractivity (Wildman–Crippen MR) is 87.8 cm³/mol. The zero-order valence-corrected chi connectivity index (χ0v) is 15.9. The summed E-state index contributed by atoms with van der Waals surface area (Å²) in [7, 11) is 0. The third-order valence-electron chi connectivity index (χ3n) is 3.41. The number of halogens is 3. The maximum absolute atomic E-state index is 11.9. The lowest BCUT2D eigenvalue weighted by Gasteiger charge is -2.28. The van der Waals surface area contributed by atoms with Crippen molar-refractivity contribution in [3.63, 3.8) is 0 Å². The van der Waals surface area contributed by atoms with Crippen molar-refractivity contribution in [3.8, 4) is 6.08 Å². The summed E-state index contributed by atoms with van der Waals surface area (Å²) < 4.78 is 61.4. The van der Waals surface area contributed by atoms with Crippen LogP contribution in [0.5, 0.6) is 6.08 Å². The highest BCUT2D eigenvalue weighted by Gasteiger charge is 2.29. The summed E-state index contributed by atoms with van der Waals surface area (Å²) in [5.41, 5.74) is -0.583. The number of amides is 1. The van der Waals surface area contributed by atoms with Crippen molar-refractivity contribution in [1.82, 2.24) is 15.5 Å². The molecule has 0 aliphatic carbocycles. The lowest BCUT2D eigenvalue weighted by atomic mass is 10.1. The van der Waals surface area contributed by atoms with Gasteiger partial charge in [-0.05, 0) is 33.6 Å². The van der Waals surface area contributed by atoms with Gasteiger partial charge >= 0.3 is 18.3 Å². The van der Waals surface area contributed by atoms with Crippen LogP contribution >= 0.6 is 0 Å². The molecule has 0 bridgehead atoms. The van der Waals surface area contributed by atoms with Gasteiger partial charge in [-0.1, -0.05) is 5.10 Å². The first-order chi connectivity index (χ1) is 13.0. The van der Waals surface area contributed by atoms with Crippen molar-refractivity contribution in [2.75, 3.05) is 26.4 Å². The Kier molecular flexibility index (Phi) is 7.47. The van der Waals surface area contributed by atoms with Crippen molar-refractivity contribution in [2.45, 2.75) is 57.5 Å². The molecule has 1 saturated heterocycles. The summed E-state index contributed by atoms with van der Waals surface area (Å²) in [6.07, 6.45) is -4.39. The van der Waals surface area contributed by atoms with Gasteiger partial charge in [-0.25, -0.2) is 4.79 Å². The fourth-order valence-corrected chi connectivity index (χ4v) is 2.32. The summed E-state index contributed by atoms with van der Waals surface area (Å²) in [4.78, 5) is 11.8. The first kappa shape index (κ1) is 22.2. The summed E-state index contributed by atoms with van der Waals surface area (Å²) in [5.74, 6) is 0.196. The SMILES string of the molecule is CC(C)(C)OC(=O)N[C@@H]1CC[C@@H](c2nnc(OCCOCC(F)(F)F)o2)OC1. The Bertz CT molecular complexity index is 624. The lowest BCUT2D eigenvalue weighted by molar-refractivity contribution is -0.175. The van der Waals surface area contributed by atoms with Gasteiger partial charge in [-0.2, -0.15) is 13.2 Å². The van der Waals surface area contributed by atoms with Crippen molar-refractivity contribution < 1.29 is 41.3 Å². The van der Waals surface area contributed by atoms with Gasteiger partial charge in [0.05, 0.1) is 19.3 Å². The van der Waals surface area contributed by atoms with E-state index in [1.807, 2.05) is 0 Å². The average Bonchev–Trinajstić information content (AvgIpc) is 3.01. The molecule has 28 heavy (non-hydrogen) atoms. The van der Waals surface area contributed by atoms with Crippen LogP contribution in [-0.4, -0.2) is 60.5 Å². The molecule has 1 aromatic rings. The van der Waals surface area contributed by atoms with E-state index in [2.05, 4.69) is 20.3 Å². The van der Waals surface area contributed by atoms with Crippen molar-refractivity contribution in [1.29, 1.82) is 0 Å². The zero-order valence-electron chi connectivity index (χ0n) is 15.9. The number of carbonyl (C=O) groups is 1. The summed E-state index contributed by atoms with van der Waals surface area (Å²) >= 11 is 0. The molecule has 0 spiro atoms. The van der Waals surface area contributed by atoms with E-state index in [-0.39, 0.29) is 37.8 Å². The highest BCUT2D eigenvalue weighted by atomic mass is 19.4. The van der Waals surface area contributed by atoms with E-state index in [0.717, 1.165) is 0 Å². The van der Waals surface area contributed by atoms with Gasteiger partial charge in [0.25, 0.3) is 0 Å². The molecule has 1 aliphatic rings. The van der Waals surface area contributed by atoms with E-state index in [4.69, 9.17) is 18.6 Å². The molecule has 160 valence electrons. The number of carbonyl (C=O) groups excluding carboxylic acids is 1. The zero-order chi connectivity index (χ0) is 20.8. The highest BCUT2D eigenvalue weighted by Crippen LogP contribution is 2.28. The van der Waals surface area contributed by atoms with Gasteiger partial charge in [0.1, 0.15) is 24.9 Å². The van der Waals surface area contributed by atoms with Gasteiger partial charge in [0.2, 0.25) is 5.89 Å². The number of hydrogen-bond acceptors (Lipinski definition) is 8. The van der Waals surface area contributed by atoms with Gasteiger partial charge in [0.15, 0.2) is 0 Å². The second-order valence-electron chi connectivity index (χ2n) is 7.16. The molecule has 1 aromatic heterocycles. The van der Waals surface area contributed by atoms with E-state index >= 15 is 0 Å². The van der Waals surface area contributed by atoms with Gasteiger partial charge in [-0.15, -0.1) is 5.10 Å². The molecule has 12 heteroatoms. The maximum atomic E-state index is 11.9. The molecule has 1 aliphatic heterocycles. The Morgan fingerprint density at radius 3 is 2.57 bits per heavy atom. The summed E-state index contributed by atoms with van der Waals surface area (Å²) in [6.45, 7) is 3.79. The van der Waals surface area contributed by atoms with Crippen molar-refractivity contribution in [2.24, 2.45) is 0 Å². The number of alkyl carbamates (subject to hydrolysis) is 1. The van der Waals surface area contributed by atoms with E-state index in [9.17, 15) is 18.0 Å². The number of nitrogens with zero attached hydrogens (tertiary/aromatic N) is 2. The molecule has 0 aromatic carbocycles. The average molecular weight is 411 g/mol. The number of aromatic nitrogens is 2. The van der Waals surface area contributed by atoms with Crippen LogP contribution in [0.4, 0.5) is 18.0 Å². The Hall–Kier alpha value is -2.08. The van der Waals surface area contributed by atoms with Crippen LogP contribution in [-0.2, 0) is 14.2 Å². The van der Waals surface area contributed by atoms with E-state index in [1.54, 1.807) is 20.8 Å². The van der Waals surface area contributed by atoms with Crippen LogP contribution in [0, 0.1) is 0 Å². The molecule has 2 heterocycles. The standard InChI is InChI=1S/C16H24F3N3O6/c1-15(2,3)28-13(23)20-10-4-5-11(26-8-10)12-21-22-14(27-12)25-7-6-24-9-16(17,18)19/h10-11H,4-9H2,1-3H3,(H,20,23)/t10-,11+/m1/s1. The fraction of sp³-hybridized carbons (Fsp3) is 0.812. The smallest absolute Gasteiger partial charge is 0.414 e. The molecule has 0 saturated carbocycles. The van der Waals surface area contributed by atoms with Crippen molar-refractivity contribution in [3.05, 3.63) is 5.89 Å². The van der Waals surface area contributed by atoms with E-state index in [1.165, 1.54) is 0 Å². The minimum Gasteiger partial charge on any atom is -0.447 e. The first-order valence-corrected chi connectivity index (χ1v) is 8.73. The number of hydrogen-bond donors (Lipinski definition) is 1. The van der Waals surface area contributed by atoms with E-state index in [0.29, 0.717) is 12.8 Å². The molecule has 2 rings (SSSR count). The molecule has 1 N–H and O–H groups in total. The number of nitrogens with one attached hydrogen (secondary N) is 1. The van der Waals surface area contributed by atoms with Gasteiger partial charge in [-0.3, -0.25) is 0 Å². The van der Waals surface area contributed by atoms with Crippen LogP contribution in [0.25, 0.3) is 0 Å². The third kappa shape index (κ3) is 8.30. The van der Waals surface area contributed by atoms with Crippen molar-refractivity contribution >= 4 is 6.09 Å². The Balaban J connectivity index is 1.68. The van der Waals surface area contributed by atoms with Gasteiger partial charge < -0.3 is 28.7 Å². The third-order valence-corrected chi connectivity index (χ3v) is 3.41. The Labute approximate surface area is 159 Å². The van der Waals surface area contributed by atoms with Crippen LogP contribution in [0.15, 0.2) is 4.42 Å². The summed E-state index contributed by atoms with van der Waals surface area (Å²) in [6, 6.07) is -0.199. The highest BCUT2D eigenvalue weighted by molar-refractivity contribution is 5.68. The second-order valence-corrected chi connectivity index (χ2v) is 7.16. The topological polar surface area (TPSA) is 105 Å². The predicted octanol–water partition coefficient (Wildman–Crippen LogP) is 2.77. The second kappa shape index (κ2) is 9.41. The number of rotatable bonds is 7. The molecular formula is C16H24F3N3O6. The lowest BCUT2D eigenvalue weighted by Crippen LogP contribution is -2.43. The minimum atomic E-state index is -4.38. The van der Waals surface area contributed by atoms with Gasteiger partial charge in [0, 0.05) is 0 Å². The fourth-order valence-electron chi connectivity index (χ4n) is 2.32. The van der Waals surface area contributed by atoms with Crippen LogP contribution < -0.4 is 10.1 Å². The monoisotopic (exact) mass is 411 g/mol. The molecule has 9 nitrogen and oxygen atoms in total. The first-order valence-electron chi connectivity index (χ1n) is 8.73. The van der Waals surface area contributed by atoms with Crippen LogP contribution in [0.3, 0.4) is 0 Å². The molecule has 0 unspecified atom stereocenters. The number of ether oxygens (including phenoxy) is 4. The molecule has 1 amide bonds. The molecule has 1 fully saturated rings. The Morgan fingerprint density at radius 2 is 1.96 bits per heavy atom. The number of alkyl halides is 3. The molecule has 2 atom stereocenters. The maximum Gasteiger partial charge on any atom is 0.414 e. The summed E-state index contributed by atoms with van der Waals surface area (Å²) in [5, 5.41) is 10.2. The largest absolute Gasteiger partial charge is 0.447 e. The van der Waals surface area contributed by atoms with Crippen LogP contribution in [0.1, 0.15) is 45.6 Å². The van der Waals surface area contributed by atoms with E-state index < -0.39 is 30.6 Å². The molecule has 0 radical (unpaired) electrons. The normalized spacial score (nSPS) is 20.6. The molecular weight excluding hydrogens is 387 g/mol. The quantitative estimate of drug-likeness (QED) is 0.683.